The van der Waals surface area contributed by atoms with Crippen molar-refractivity contribution < 1.29 is 4.57 Å². The number of H-pyrrole nitrogens is 1. The number of rotatable bonds is 3. The van der Waals surface area contributed by atoms with Crippen LogP contribution in [0.2, 0.25) is 0 Å². The van der Waals surface area contributed by atoms with E-state index in [0.29, 0.717) is 0 Å². The fourth-order valence-electron chi connectivity index (χ4n) is 0.920. The van der Waals surface area contributed by atoms with Crippen LogP contribution in [0.25, 0.3) is 0 Å². The van der Waals surface area contributed by atoms with Gasteiger partial charge in [-0.1, -0.05) is 15.9 Å². The highest BCUT2D eigenvalue weighted by atomic mass is 79.9. The van der Waals surface area contributed by atoms with Gasteiger partial charge in [0.2, 0.25) is 0 Å². The summed E-state index contributed by atoms with van der Waals surface area (Å²) >= 11 is 3.40. The maximum Gasteiger partial charge on any atom is 0.253 e. The summed E-state index contributed by atoms with van der Waals surface area (Å²) in [7, 11) is 2.06. The first kappa shape index (κ1) is 7.79. The lowest BCUT2D eigenvalue weighted by molar-refractivity contribution is -0.677. The van der Waals surface area contributed by atoms with Crippen molar-refractivity contribution in [2.24, 2.45) is 7.05 Å². The number of nitrogens with one attached hydrogen (secondary N) is 1. The number of aromatic nitrogens is 2. The minimum Gasteiger partial charge on any atom is -0.248 e. The summed E-state index contributed by atoms with van der Waals surface area (Å²) in [4.78, 5) is 3.18. The van der Waals surface area contributed by atoms with Crippen molar-refractivity contribution in [2.45, 2.75) is 12.8 Å². The van der Waals surface area contributed by atoms with Crippen molar-refractivity contribution in [3.05, 3.63) is 18.2 Å². The van der Waals surface area contributed by atoms with E-state index in [9.17, 15) is 0 Å². The Morgan fingerprint density at radius 1 is 1.70 bits per heavy atom. The zero-order valence-electron chi connectivity index (χ0n) is 6.10. The fourth-order valence-corrected chi connectivity index (χ4v) is 1.20. The van der Waals surface area contributed by atoms with Gasteiger partial charge in [-0.25, -0.2) is 9.55 Å². The van der Waals surface area contributed by atoms with Crippen LogP contribution in [-0.4, -0.2) is 10.3 Å². The number of nitrogens with zero attached hydrogens (tertiary/aromatic N) is 1. The predicted molar refractivity (Wildman–Crippen MR) is 44.1 cm³/mol. The Labute approximate surface area is 69.4 Å². The van der Waals surface area contributed by atoms with E-state index < -0.39 is 0 Å². The topological polar surface area (TPSA) is 19.7 Å². The summed E-state index contributed by atoms with van der Waals surface area (Å²) in [6.07, 6.45) is 6.30. The van der Waals surface area contributed by atoms with Gasteiger partial charge in [-0.05, 0) is 6.42 Å². The predicted octanol–water partition coefficient (Wildman–Crippen LogP) is 1.17. The molecule has 1 heterocycles. The lowest BCUT2D eigenvalue weighted by atomic mass is 10.3. The van der Waals surface area contributed by atoms with Crippen LogP contribution in [0, 0.1) is 0 Å². The number of aromatic amines is 1. The summed E-state index contributed by atoms with van der Waals surface area (Å²) in [5, 5.41) is 1.08. The highest BCUT2D eigenvalue weighted by Crippen LogP contribution is 1.95. The van der Waals surface area contributed by atoms with Gasteiger partial charge in [-0.3, -0.25) is 0 Å². The first-order valence-electron chi connectivity index (χ1n) is 3.42. The van der Waals surface area contributed by atoms with Gasteiger partial charge in [0, 0.05) is 11.8 Å². The van der Waals surface area contributed by atoms with E-state index in [1.165, 1.54) is 12.2 Å². The minimum atomic E-state index is 1.08. The van der Waals surface area contributed by atoms with E-state index in [0.717, 1.165) is 11.8 Å². The number of hydrogen-bond donors (Lipinski definition) is 1. The largest absolute Gasteiger partial charge is 0.253 e. The monoisotopic (exact) mass is 203 g/mol. The Hall–Kier alpha value is -0.310. The quantitative estimate of drug-likeness (QED) is 0.563. The van der Waals surface area contributed by atoms with Crippen molar-refractivity contribution >= 4 is 15.9 Å². The normalized spacial score (nSPS) is 10.2. The lowest BCUT2D eigenvalue weighted by Crippen LogP contribution is -2.30. The fraction of sp³-hybridized carbons (Fsp3) is 0.571. The molecule has 0 aliphatic heterocycles. The highest BCUT2D eigenvalue weighted by Gasteiger charge is 2.03. The Balaban J connectivity index is 2.49. The van der Waals surface area contributed by atoms with Crippen LogP contribution >= 0.6 is 15.9 Å². The third-order valence-corrected chi connectivity index (χ3v) is 2.08. The van der Waals surface area contributed by atoms with Crippen molar-refractivity contribution in [3.8, 4) is 0 Å². The molecule has 0 radical (unpaired) electrons. The van der Waals surface area contributed by atoms with Gasteiger partial charge in [0.25, 0.3) is 5.82 Å². The van der Waals surface area contributed by atoms with Gasteiger partial charge in [0.1, 0.15) is 12.4 Å². The minimum absolute atomic E-state index is 1.08. The van der Waals surface area contributed by atoms with Crippen molar-refractivity contribution in [1.82, 2.24) is 4.98 Å². The number of halogens is 1. The maximum absolute atomic E-state index is 3.40. The molecule has 0 atom stereocenters. The summed E-state index contributed by atoms with van der Waals surface area (Å²) < 4.78 is 2.11. The van der Waals surface area contributed by atoms with E-state index >= 15 is 0 Å². The molecule has 1 N–H and O–H groups in total. The molecule has 2 nitrogen and oxygen atoms in total. The molecular weight excluding hydrogens is 192 g/mol. The van der Waals surface area contributed by atoms with Crippen molar-refractivity contribution in [3.63, 3.8) is 0 Å². The Bertz CT molecular complexity index is 195. The zero-order chi connectivity index (χ0) is 7.40. The molecule has 0 aliphatic rings. The van der Waals surface area contributed by atoms with Crippen LogP contribution < -0.4 is 4.57 Å². The SMILES string of the molecule is C[n+]1cc[nH]c1CCCBr. The van der Waals surface area contributed by atoms with Gasteiger partial charge < -0.3 is 0 Å². The Morgan fingerprint density at radius 2 is 2.50 bits per heavy atom. The molecule has 56 valence electrons. The lowest BCUT2D eigenvalue weighted by Gasteiger charge is -1.90. The molecule has 1 aromatic rings. The number of aryl methyl sites for hydroxylation is 2. The summed E-state index contributed by atoms with van der Waals surface area (Å²) in [5.74, 6) is 1.29. The second kappa shape index (κ2) is 3.76. The second-order valence-corrected chi connectivity index (χ2v) is 3.10. The summed E-state index contributed by atoms with van der Waals surface area (Å²) in [6, 6.07) is 0. The molecule has 0 bridgehead atoms. The van der Waals surface area contributed by atoms with Gasteiger partial charge >= 0.3 is 0 Å². The third kappa shape index (κ3) is 1.84. The molecule has 0 aromatic carbocycles. The Morgan fingerprint density at radius 3 is 3.00 bits per heavy atom. The third-order valence-electron chi connectivity index (χ3n) is 1.52. The molecule has 0 aliphatic carbocycles. The highest BCUT2D eigenvalue weighted by molar-refractivity contribution is 9.09. The van der Waals surface area contributed by atoms with Gasteiger partial charge in [0.15, 0.2) is 0 Å². The standard InChI is InChI=1S/C7H11BrN2/c1-10-6-5-9-7(10)3-2-4-8/h5-6H,2-4H2,1H3/p+1. The molecule has 1 aromatic heterocycles. The van der Waals surface area contributed by atoms with Gasteiger partial charge in [0.05, 0.1) is 7.05 Å². The number of alkyl halides is 1. The zero-order valence-corrected chi connectivity index (χ0v) is 7.69. The molecule has 0 amide bonds. The molecule has 0 saturated heterocycles. The second-order valence-electron chi connectivity index (χ2n) is 2.31. The van der Waals surface area contributed by atoms with E-state index in [1.807, 2.05) is 12.4 Å². The summed E-state index contributed by atoms with van der Waals surface area (Å²) in [5.41, 5.74) is 0. The molecule has 3 heteroatoms. The smallest absolute Gasteiger partial charge is 0.248 e. The molecular formula is C7H12BrN2+. The average molecular weight is 204 g/mol. The molecule has 0 fully saturated rings. The first-order valence-corrected chi connectivity index (χ1v) is 4.54. The summed E-state index contributed by atoms with van der Waals surface area (Å²) in [6.45, 7) is 0. The molecule has 0 saturated carbocycles. The van der Waals surface area contributed by atoms with Crippen LogP contribution in [0.15, 0.2) is 12.4 Å². The van der Waals surface area contributed by atoms with Crippen LogP contribution in [-0.2, 0) is 13.5 Å². The van der Waals surface area contributed by atoms with Crippen LogP contribution in [0.3, 0.4) is 0 Å². The van der Waals surface area contributed by atoms with E-state index in [1.54, 1.807) is 0 Å². The molecule has 0 unspecified atom stereocenters. The van der Waals surface area contributed by atoms with Gasteiger partial charge in [-0.15, -0.1) is 0 Å². The van der Waals surface area contributed by atoms with E-state index in [-0.39, 0.29) is 0 Å². The first-order chi connectivity index (χ1) is 4.84. The molecule has 0 spiro atoms. The van der Waals surface area contributed by atoms with Crippen LogP contribution in [0.5, 0.6) is 0 Å². The molecule has 10 heavy (non-hydrogen) atoms. The Kier molecular flexibility index (Phi) is 2.93. The number of hydrogen-bond acceptors (Lipinski definition) is 0. The van der Waals surface area contributed by atoms with Crippen LogP contribution in [0.4, 0.5) is 0 Å². The van der Waals surface area contributed by atoms with Gasteiger partial charge in [-0.2, -0.15) is 0 Å². The molecule has 1 rings (SSSR count). The van der Waals surface area contributed by atoms with E-state index in [2.05, 4.69) is 32.5 Å². The van der Waals surface area contributed by atoms with E-state index in [4.69, 9.17) is 0 Å². The number of imidazole rings is 1. The van der Waals surface area contributed by atoms with Crippen molar-refractivity contribution in [1.29, 1.82) is 0 Å². The average Bonchev–Trinajstić information content (AvgIpc) is 2.31. The maximum atomic E-state index is 3.40. The van der Waals surface area contributed by atoms with Crippen molar-refractivity contribution in [2.75, 3.05) is 5.33 Å². The van der Waals surface area contributed by atoms with Crippen LogP contribution in [0.1, 0.15) is 12.2 Å².